The summed E-state index contributed by atoms with van der Waals surface area (Å²) in [6.07, 6.45) is 7.29. The van der Waals surface area contributed by atoms with Gasteiger partial charge in [0, 0.05) is 30.5 Å². The lowest BCUT2D eigenvalue weighted by Crippen LogP contribution is -2.57. The first-order chi connectivity index (χ1) is 10.8. The summed E-state index contributed by atoms with van der Waals surface area (Å²) in [4.78, 5) is 22.8. The largest absolute Gasteiger partial charge is 0.432 e. The van der Waals surface area contributed by atoms with Gasteiger partial charge in [0.25, 0.3) is 5.89 Å². The molecule has 2 aromatic heterocycles. The average molecular weight is 298 g/mol. The van der Waals surface area contributed by atoms with Crippen molar-refractivity contribution in [2.45, 2.75) is 18.9 Å². The van der Waals surface area contributed by atoms with Gasteiger partial charge in [0.15, 0.2) is 5.76 Å². The van der Waals surface area contributed by atoms with Gasteiger partial charge in [0.2, 0.25) is 0 Å². The highest BCUT2D eigenvalue weighted by atomic mass is 16.4. The van der Waals surface area contributed by atoms with E-state index in [9.17, 15) is 4.79 Å². The molecule has 114 valence electrons. The van der Waals surface area contributed by atoms with Crippen molar-refractivity contribution in [3.63, 3.8) is 0 Å². The summed E-state index contributed by atoms with van der Waals surface area (Å²) in [5.41, 5.74) is 0.865. The summed E-state index contributed by atoms with van der Waals surface area (Å²) in [7, 11) is 0. The molecule has 1 N–H and O–H groups in total. The highest BCUT2D eigenvalue weighted by Crippen LogP contribution is 2.27. The molecular weight excluding hydrogens is 280 g/mol. The minimum absolute atomic E-state index is 0.128. The number of piperidine rings is 3. The van der Waals surface area contributed by atoms with E-state index in [-0.39, 0.29) is 17.8 Å². The van der Waals surface area contributed by atoms with Gasteiger partial charge in [0.1, 0.15) is 0 Å². The van der Waals surface area contributed by atoms with Gasteiger partial charge in [-0.25, -0.2) is 4.98 Å². The van der Waals surface area contributed by atoms with Crippen LogP contribution < -0.4 is 5.32 Å². The fourth-order valence-electron chi connectivity index (χ4n) is 3.39. The van der Waals surface area contributed by atoms with Gasteiger partial charge < -0.3 is 14.6 Å². The number of rotatable bonds is 3. The van der Waals surface area contributed by atoms with Crippen LogP contribution in [0.1, 0.15) is 23.5 Å². The lowest BCUT2D eigenvalue weighted by Gasteiger charge is -2.44. The van der Waals surface area contributed by atoms with E-state index in [2.05, 4.69) is 20.2 Å². The van der Waals surface area contributed by atoms with Crippen molar-refractivity contribution in [2.24, 2.45) is 5.92 Å². The van der Waals surface area contributed by atoms with Crippen LogP contribution in [0.5, 0.6) is 0 Å². The van der Waals surface area contributed by atoms with Gasteiger partial charge >= 0.3 is 5.91 Å². The molecule has 3 aliphatic heterocycles. The molecular formula is C16H18N4O2. The Morgan fingerprint density at radius 3 is 2.73 bits per heavy atom. The number of fused-ring (bicyclic) bond motifs is 3. The van der Waals surface area contributed by atoms with Crippen LogP contribution in [0, 0.1) is 5.92 Å². The number of oxazole rings is 1. The van der Waals surface area contributed by atoms with Crippen molar-refractivity contribution in [1.82, 2.24) is 20.2 Å². The molecule has 2 aromatic rings. The topological polar surface area (TPSA) is 71.3 Å². The summed E-state index contributed by atoms with van der Waals surface area (Å²) in [6.45, 7) is 3.25. The molecule has 0 spiro atoms. The van der Waals surface area contributed by atoms with Crippen LogP contribution in [0.2, 0.25) is 0 Å². The predicted octanol–water partition coefficient (Wildman–Crippen LogP) is 1.56. The van der Waals surface area contributed by atoms with Crippen molar-refractivity contribution in [3.8, 4) is 11.3 Å². The molecule has 0 radical (unpaired) electrons. The third-order valence-corrected chi connectivity index (χ3v) is 4.64. The minimum atomic E-state index is -0.223. The number of carbonyl (C=O) groups is 1. The normalized spacial score (nSPS) is 26.8. The standard InChI is InChI=1S/C16H18N4O2/c21-15(19-13-10-20-7-3-11(13)4-8-20)16-18-9-14(22-16)12-1-5-17-6-2-12/h1-2,5-6,9,11,13H,3-4,7-8,10H2,(H,19,21)/t13-/m0/s1. The van der Waals surface area contributed by atoms with E-state index in [1.54, 1.807) is 18.6 Å². The Balaban J connectivity index is 1.46. The zero-order valence-corrected chi connectivity index (χ0v) is 12.2. The van der Waals surface area contributed by atoms with Gasteiger partial charge in [0.05, 0.1) is 6.20 Å². The van der Waals surface area contributed by atoms with Crippen molar-refractivity contribution < 1.29 is 9.21 Å². The molecule has 5 rings (SSSR count). The molecule has 3 saturated heterocycles. The lowest BCUT2D eigenvalue weighted by atomic mass is 9.84. The first-order valence-electron chi connectivity index (χ1n) is 7.69. The fourth-order valence-corrected chi connectivity index (χ4v) is 3.39. The van der Waals surface area contributed by atoms with Crippen LogP contribution in [-0.4, -0.2) is 46.5 Å². The number of amides is 1. The molecule has 1 atom stereocenters. The maximum Gasteiger partial charge on any atom is 0.307 e. The van der Waals surface area contributed by atoms with Crippen LogP contribution in [0.3, 0.4) is 0 Å². The van der Waals surface area contributed by atoms with E-state index in [4.69, 9.17) is 4.42 Å². The summed E-state index contributed by atoms with van der Waals surface area (Å²) >= 11 is 0. The second-order valence-corrected chi connectivity index (χ2v) is 5.98. The molecule has 5 heterocycles. The number of aromatic nitrogens is 2. The van der Waals surface area contributed by atoms with Gasteiger partial charge in [-0.2, -0.15) is 0 Å². The monoisotopic (exact) mass is 298 g/mol. The van der Waals surface area contributed by atoms with E-state index in [1.165, 1.54) is 12.8 Å². The third kappa shape index (κ3) is 2.50. The second kappa shape index (κ2) is 5.53. The first-order valence-corrected chi connectivity index (χ1v) is 7.69. The van der Waals surface area contributed by atoms with E-state index < -0.39 is 0 Å². The number of nitrogens with one attached hydrogen (secondary N) is 1. The van der Waals surface area contributed by atoms with Crippen molar-refractivity contribution in [2.75, 3.05) is 19.6 Å². The highest BCUT2D eigenvalue weighted by Gasteiger charge is 2.35. The Bertz CT molecular complexity index is 662. The van der Waals surface area contributed by atoms with Crippen LogP contribution in [-0.2, 0) is 0 Å². The number of hydrogen-bond donors (Lipinski definition) is 1. The van der Waals surface area contributed by atoms with Gasteiger partial charge in [-0.3, -0.25) is 9.78 Å². The number of carbonyl (C=O) groups excluding carboxylic acids is 1. The molecule has 2 bridgehead atoms. The van der Waals surface area contributed by atoms with Gasteiger partial charge in [-0.05, 0) is 44.0 Å². The van der Waals surface area contributed by atoms with E-state index >= 15 is 0 Å². The quantitative estimate of drug-likeness (QED) is 0.931. The van der Waals surface area contributed by atoms with Crippen molar-refractivity contribution in [3.05, 3.63) is 36.6 Å². The van der Waals surface area contributed by atoms with Crippen LogP contribution >= 0.6 is 0 Å². The summed E-state index contributed by atoms with van der Waals surface area (Å²) in [6, 6.07) is 3.87. The minimum Gasteiger partial charge on any atom is -0.432 e. The second-order valence-electron chi connectivity index (χ2n) is 5.98. The van der Waals surface area contributed by atoms with Gasteiger partial charge in [-0.1, -0.05) is 0 Å². The van der Waals surface area contributed by atoms with Gasteiger partial charge in [-0.15, -0.1) is 0 Å². The van der Waals surface area contributed by atoms with E-state index in [1.807, 2.05) is 12.1 Å². The molecule has 1 amide bonds. The Morgan fingerprint density at radius 1 is 1.27 bits per heavy atom. The predicted molar refractivity (Wildman–Crippen MR) is 80.2 cm³/mol. The molecule has 0 aromatic carbocycles. The fraction of sp³-hybridized carbons (Fsp3) is 0.438. The molecule has 6 heteroatoms. The summed E-state index contributed by atoms with van der Waals surface area (Å²) in [5, 5.41) is 3.08. The zero-order valence-electron chi connectivity index (χ0n) is 12.2. The maximum atomic E-state index is 12.3. The van der Waals surface area contributed by atoms with Crippen molar-refractivity contribution in [1.29, 1.82) is 0 Å². The number of pyridine rings is 1. The maximum absolute atomic E-state index is 12.3. The smallest absolute Gasteiger partial charge is 0.307 e. The first kappa shape index (κ1) is 13.5. The average Bonchev–Trinajstić information content (AvgIpc) is 3.07. The van der Waals surface area contributed by atoms with Crippen LogP contribution in [0.4, 0.5) is 0 Å². The molecule has 3 aliphatic rings. The summed E-state index contributed by atoms with van der Waals surface area (Å²) < 4.78 is 5.59. The van der Waals surface area contributed by atoms with Crippen LogP contribution in [0.15, 0.2) is 35.1 Å². The Morgan fingerprint density at radius 2 is 2.05 bits per heavy atom. The molecule has 3 fully saturated rings. The molecule has 6 nitrogen and oxygen atoms in total. The SMILES string of the molecule is O=C(N[C@H]1CN2CCC1CC2)c1ncc(-c2ccncc2)o1. The van der Waals surface area contributed by atoms with Crippen LogP contribution in [0.25, 0.3) is 11.3 Å². The van der Waals surface area contributed by atoms with E-state index in [0.29, 0.717) is 11.7 Å². The zero-order chi connectivity index (χ0) is 14.9. The van der Waals surface area contributed by atoms with Crippen molar-refractivity contribution >= 4 is 5.91 Å². The third-order valence-electron chi connectivity index (χ3n) is 4.64. The number of hydrogen-bond acceptors (Lipinski definition) is 5. The summed E-state index contributed by atoms with van der Waals surface area (Å²) in [5.74, 6) is 1.08. The van der Waals surface area contributed by atoms with E-state index in [0.717, 1.165) is 25.2 Å². The Hall–Kier alpha value is -2.21. The highest BCUT2D eigenvalue weighted by molar-refractivity contribution is 5.90. The Kier molecular flexibility index (Phi) is 3.38. The number of nitrogens with zero attached hydrogens (tertiary/aromatic N) is 3. The lowest BCUT2D eigenvalue weighted by molar-refractivity contribution is 0.0602. The molecule has 0 unspecified atom stereocenters. The molecule has 0 aliphatic carbocycles. The Labute approximate surface area is 128 Å². The molecule has 22 heavy (non-hydrogen) atoms. The molecule has 0 saturated carbocycles.